The van der Waals surface area contributed by atoms with Crippen molar-refractivity contribution < 1.29 is 9.59 Å². The van der Waals surface area contributed by atoms with Crippen molar-refractivity contribution in [1.29, 1.82) is 0 Å². The number of Topliss-reactive ketones (excluding diaryl/α,β-unsaturated/α-hetero) is 1. The van der Waals surface area contributed by atoms with E-state index in [1.165, 1.54) is 6.92 Å². The number of nitrogens with one attached hydrogen (secondary N) is 1. The van der Waals surface area contributed by atoms with Crippen molar-refractivity contribution in [2.24, 2.45) is 0 Å². The number of amides is 1. The minimum atomic E-state index is -0.545. The van der Waals surface area contributed by atoms with Gasteiger partial charge in [-0.25, -0.2) is 0 Å². The van der Waals surface area contributed by atoms with E-state index in [9.17, 15) is 9.59 Å². The number of anilines is 2. The number of hydrogen-bond acceptors (Lipinski definition) is 3. The van der Waals surface area contributed by atoms with Crippen LogP contribution >= 0.6 is 23.2 Å². The van der Waals surface area contributed by atoms with Crippen LogP contribution in [0.3, 0.4) is 0 Å². The number of fused-ring (bicyclic) bond motifs is 1. The number of hydrogen-bond donors (Lipinski definition) is 1. The molecule has 0 fully saturated rings. The van der Waals surface area contributed by atoms with Gasteiger partial charge in [0.2, 0.25) is 5.91 Å². The normalized spacial score (nSPS) is 19.1. The van der Waals surface area contributed by atoms with Crippen molar-refractivity contribution in [3.05, 3.63) is 69.3 Å². The number of carbonyl (C=O) groups excluding carboxylic acids is 2. The minimum absolute atomic E-state index is 0.0545. The van der Waals surface area contributed by atoms with Gasteiger partial charge in [-0.05, 0) is 42.7 Å². The van der Waals surface area contributed by atoms with Gasteiger partial charge in [0.1, 0.15) is 0 Å². The second-order valence-corrected chi connectivity index (χ2v) is 7.59. The van der Waals surface area contributed by atoms with Crippen LogP contribution in [0.5, 0.6) is 0 Å². The van der Waals surface area contributed by atoms with E-state index < -0.39 is 6.04 Å². The summed E-state index contributed by atoms with van der Waals surface area (Å²) < 4.78 is 0. The number of halogens is 2. The average Bonchev–Trinajstić information content (AvgIpc) is 2.79. The molecule has 27 heavy (non-hydrogen) atoms. The highest BCUT2D eigenvalue weighted by Crippen LogP contribution is 2.45. The molecule has 0 saturated heterocycles. The first kappa shape index (κ1) is 18.1. The highest BCUT2D eigenvalue weighted by atomic mass is 35.5. The number of ketones is 1. The molecule has 0 unspecified atom stereocenters. The first-order chi connectivity index (χ1) is 13.0. The third-order valence-electron chi connectivity index (χ3n) is 5.04. The second-order valence-electron chi connectivity index (χ2n) is 6.78. The molecule has 0 saturated carbocycles. The Morgan fingerprint density at radius 3 is 2.63 bits per heavy atom. The van der Waals surface area contributed by atoms with Gasteiger partial charge in [0.15, 0.2) is 5.78 Å². The molecule has 4 nitrogen and oxygen atoms in total. The quantitative estimate of drug-likeness (QED) is 0.685. The van der Waals surface area contributed by atoms with Gasteiger partial charge >= 0.3 is 0 Å². The summed E-state index contributed by atoms with van der Waals surface area (Å²) in [7, 11) is 0. The van der Waals surface area contributed by atoms with Crippen molar-refractivity contribution in [2.75, 3.05) is 10.2 Å². The van der Waals surface area contributed by atoms with Crippen LogP contribution in [-0.2, 0) is 9.59 Å². The lowest BCUT2D eigenvalue weighted by Gasteiger charge is -2.33. The van der Waals surface area contributed by atoms with Gasteiger partial charge in [-0.1, -0.05) is 41.4 Å². The molecule has 1 heterocycles. The molecule has 1 atom stereocenters. The van der Waals surface area contributed by atoms with E-state index in [4.69, 9.17) is 23.2 Å². The van der Waals surface area contributed by atoms with Gasteiger partial charge < -0.3 is 5.32 Å². The molecule has 4 rings (SSSR count). The molecule has 6 heteroatoms. The zero-order chi connectivity index (χ0) is 19.1. The number of rotatable bonds is 1. The summed E-state index contributed by atoms with van der Waals surface area (Å²) in [4.78, 5) is 27.4. The summed E-state index contributed by atoms with van der Waals surface area (Å²) in [6.07, 6.45) is 2.03. The highest BCUT2D eigenvalue weighted by molar-refractivity contribution is 6.42. The van der Waals surface area contributed by atoms with E-state index in [1.807, 2.05) is 30.3 Å². The maximum Gasteiger partial charge on any atom is 0.224 e. The van der Waals surface area contributed by atoms with E-state index in [2.05, 4.69) is 5.32 Å². The Labute approximate surface area is 167 Å². The summed E-state index contributed by atoms with van der Waals surface area (Å²) >= 11 is 12.4. The van der Waals surface area contributed by atoms with Crippen LogP contribution in [0, 0.1) is 0 Å². The summed E-state index contributed by atoms with van der Waals surface area (Å²) in [6, 6.07) is 12.3. The molecule has 138 valence electrons. The largest absolute Gasteiger partial charge is 0.357 e. The fourth-order valence-electron chi connectivity index (χ4n) is 3.88. The molecular weight excluding hydrogens is 383 g/mol. The van der Waals surface area contributed by atoms with Crippen LogP contribution < -0.4 is 10.2 Å². The van der Waals surface area contributed by atoms with Crippen molar-refractivity contribution >= 4 is 46.3 Å². The van der Waals surface area contributed by atoms with Gasteiger partial charge in [-0.15, -0.1) is 0 Å². The Kier molecular flexibility index (Phi) is 4.70. The Morgan fingerprint density at radius 1 is 1.11 bits per heavy atom. The molecule has 2 aromatic rings. The molecule has 0 aromatic heterocycles. The molecule has 2 aliphatic rings. The van der Waals surface area contributed by atoms with Crippen LogP contribution in [-0.4, -0.2) is 11.7 Å². The smallest absolute Gasteiger partial charge is 0.224 e. The molecule has 1 aliphatic carbocycles. The van der Waals surface area contributed by atoms with Crippen molar-refractivity contribution in [3.63, 3.8) is 0 Å². The highest BCUT2D eigenvalue weighted by Gasteiger charge is 2.38. The molecular formula is C21H18Cl2N2O2. The molecule has 1 N–H and O–H groups in total. The first-order valence-corrected chi connectivity index (χ1v) is 9.60. The van der Waals surface area contributed by atoms with Gasteiger partial charge in [-0.3, -0.25) is 14.5 Å². The fourth-order valence-corrected chi connectivity index (χ4v) is 4.19. The summed E-state index contributed by atoms with van der Waals surface area (Å²) in [5.41, 5.74) is 3.83. The molecule has 2 aromatic carbocycles. The predicted octanol–water partition coefficient (Wildman–Crippen LogP) is 5.52. The number of carbonyl (C=O) groups is 2. The SMILES string of the molecule is CC(=O)N1c2ccccc2NC2=C(C(=O)CCC2)[C@@H]1c1ccc(Cl)c(Cl)c1. The monoisotopic (exact) mass is 400 g/mol. The lowest BCUT2D eigenvalue weighted by atomic mass is 9.86. The lowest BCUT2D eigenvalue weighted by Crippen LogP contribution is -2.36. The summed E-state index contributed by atoms with van der Waals surface area (Å²) in [5.74, 6) is -0.0914. The third kappa shape index (κ3) is 3.13. The molecule has 1 aliphatic heterocycles. The first-order valence-electron chi connectivity index (χ1n) is 8.84. The van der Waals surface area contributed by atoms with Gasteiger partial charge in [0, 0.05) is 24.6 Å². The van der Waals surface area contributed by atoms with Crippen molar-refractivity contribution in [1.82, 2.24) is 0 Å². The second kappa shape index (κ2) is 7.02. The summed E-state index contributed by atoms with van der Waals surface area (Å²) in [6.45, 7) is 1.51. The number of para-hydroxylation sites is 2. The van der Waals surface area contributed by atoms with Gasteiger partial charge in [-0.2, -0.15) is 0 Å². The van der Waals surface area contributed by atoms with Crippen LogP contribution in [0.2, 0.25) is 10.0 Å². The number of benzene rings is 2. The molecule has 1 amide bonds. The zero-order valence-electron chi connectivity index (χ0n) is 14.8. The number of nitrogens with zero attached hydrogens (tertiary/aromatic N) is 1. The standard InChI is InChI=1S/C21H18Cl2N2O2/c1-12(26)25-18-7-3-2-5-16(18)24-17-6-4-8-19(27)20(17)21(25)13-9-10-14(22)15(23)11-13/h2-3,5,7,9-11,21,24H,4,6,8H2,1H3/t21-/m0/s1. The van der Waals surface area contributed by atoms with Crippen LogP contribution in [0.15, 0.2) is 53.7 Å². The zero-order valence-corrected chi connectivity index (χ0v) is 16.3. The van der Waals surface area contributed by atoms with Crippen molar-refractivity contribution in [3.8, 4) is 0 Å². The molecule has 0 spiro atoms. The Bertz CT molecular complexity index is 984. The minimum Gasteiger partial charge on any atom is -0.357 e. The molecule has 0 bridgehead atoms. The van der Waals surface area contributed by atoms with E-state index in [0.717, 1.165) is 35.5 Å². The predicted molar refractivity (Wildman–Crippen MR) is 108 cm³/mol. The average molecular weight is 401 g/mol. The van der Waals surface area contributed by atoms with E-state index in [-0.39, 0.29) is 11.7 Å². The summed E-state index contributed by atoms with van der Waals surface area (Å²) in [5, 5.41) is 4.24. The van der Waals surface area contributed by atoms with Crippen molar-refractivity contribution in [2.45, 2.75) is 32.2 Å². The molecule has 0 radical (unpaired) electrons. The van der Waals surface area contributed by atoms with Crippen LogP contribution in [0.25, 0.3) is 0 Å². The maximum absolute atomic E-state index is 12.9. The van der Waals surface area contributed by atoms with Gasteiger partial charge in [0.05, 0.1) is 27.5 Å². The van der Waals surface area contributed by atoms with Crippen LogP contribution in [0.4, 0.5) is 11.4 Å². The Morgan fingerprint density at radius 2 is 1.89 bits per heavy atom. The maximum atomic E-state index is 12.9. The lowest BCUT2D eigenvalue weighted by molar-refractivity contribution is -0.117. The van der Waals surface area contributed by atoms with Crippen LogP contribution in [0.1, 0.15) is 37.8 Å². The van der Waals surface area contributed by atoms with E-state index in [1.54, 1.807) is 17.0 Å². The number of allylic oxidation sites excluding steroid dienone is 1. The third-order valence-corrected chi connectivity index (χ3v) is 5.77. The fraction of sp³-hybridized carbons (Fsp3) is 0.238. The topological polar surface area (TPSA) is 49.4 Å². The Balaban J connectivity index is 2.01. The van der Waals surface area contributed by atoms with E-state index in [0.29, 0.717) is 22.0 Å². The Hall–Kier alpha value is -2.30. The van der Waals surface area contributed by atoms with Gasteiger partial charge in [0.25, 0.3) is 0 Å². The van der Waals surface area contributed by atoms with E-state index >= 15 is 0 Å².